The summed E-state index contributed by atoms with van der Waals surface area (Å²) in [6.07, 6.45) is 0. The van der Waals surface area contributed by atoms with Gasteiger partial charge in [-0.15, -0.1) is 0 Å². The molecular weight excluding hydrogens is 773 g/mol. The molecular formula is C62H40N2. The van der Waals surface area contributed by atoms with Gasteiger partial charge in [0.1, 0.15) is 0 Å². The van der Waals surface area contributed by atoms with Crippen LogP contribution in [-0.4, -0.2) is 9.13 Å². The van der Waals surface area contributed by atoms with Crippen LogP contribution in [0.15, 0.2) is 243 Å². The van der Waals surface area contributed by atoms with E-state index in [1.54, 1.807) is 0 Å². The molecule has 0 N–H and O–H groups in total. The van der Waals surface area contributed by atoms with Gasteiger partial charge in [-0.25, -0.2) is 0 Å². The normalized spacial score (nSPS) is 11.8. The largest absolute Gasteiger partial charge is 0.309 e. The number of hydrogen-bond acceptors (Lipinski definition) is 0. The molecule has 13 aromatic rings. The summed E-state index contributed by atoms with van der Waals surface area (Å²) in [5.41, 5.74) is 16.9. The molecule has 0 radical (unpaired) electrons. The molecule has 0 amide bonds. The van der Waals surface area contributed by atoms with Crippen LogP contribution in [0.3, 0.4) is 0 Å². The molecule has 0 atom stereocenters. The lowest BCUT2D eigenvalue weighted by Gasteiger charge is -2.18. The fourth-order valence-electron chi connectivity index (χ4n) is 10.4. The lowest BCUT2D eigenvalue weighted by atomic mass is 9.86. The van der Waals surface area contributed by atoms with E-state index < -0.39 is 0 Å². The van der Waals surface area contributed by atoms with Crippen molar-refractivity contribution in [3.63, 3.8) is 0 Å². The van der Waals surface area contributed by atoms with E-state index in [1.165, 1.54) is 110 Å². The van der Waals surface area contributed by atoms with Gasteiger partial charge in [-0.05, 0) is 127 Å². The second-order valence-corrected chi connectivity index (χ2v) is 16.8. The lowest BCUT2D eigenvalue weighted by Crippen LogP contribution is -1.95. The van der Waals surface area contributed by atoms with E-state index in [2.05, 4.69) is 252 Å². The van der Waals surface area contributed by atoms with Gasteiger partial charge in [-0.3, -0.25) is 0 Å². The lowest BCUT2D eigenvalue weighted by molar-refractivity contribution is 1.18. The molecule has 2 heteroatoms. The third-order valence-electron chi connectivity index (χ3n) is 13.3. The summed E-state index contributed by atoms with van der Waals surface area (Å²) in [6.45, 7) is 0. The second kappa shape index (κ2) is 14.6. The summed E-state index contributed by atoms with van der Waals surface area (Å²) >= 11 is 0. The first-order chi connectivity index (χ1) is 31.8. The smallest absolute Gasteiger partial charge is 0.0541 e. The van der Waals surface area contributed by atoms with Crippen molar-refractivity contribution in [2.45, 2.75) is 0 Å². The van der Waals surface area contributed by atoms with Gasteiger partial charge in [0, 0.05) is 32.9 Å². The zero-order chi connectivity index (χ0) is 42.1. The molecule has 0 saturated carbocycles. The van der Waals surface area contributed by atoms with Crippen LogP contribution in [0, 0.1) is 0 Å². The quantitative estimate of drug-likeness (QED) is 0.148. The number of fused-ring (bicyclic) bond motifs is 8. The van der Waals surface area contributed by atoms with Crippen molar-refractivity contribution in [3.05, 3.63) is 243 Å². The highest BCUT2D eigenvalue weighted by atomic mass is 15.0. The zero-order valence-electron chi connectivity index (χ0n) is 35.0. The Balaban J connectivity index is 0.921. The van der Waals surface area contributed by atoms with Gasteiger partial charge in [0.15, 0.2) is 0 Å². The predicted octanol–water partition coefficient (Wildman–Crippen LogP) is 16.9. The first kappa shape index (κ1) is 36.2. The molecule has 298 valence electrons. The molecule has 0 aliphatic carbocycles. The Bertz CT molecular complexity index is 3870. The number of aromatic nitrogens is 2. The average molecular weight is 813 g/mol. The summed E-state index contributed by atoms with van der Waals surface area (Å²) in [5, 5.41) is 10.0. The highest BCUT2D eigenvalue weighted by molar-refractivity contribution is 6.21. The van der Waals surface area contributed by atoms with Gasteiger partial charge < -0.3 is 9.13 Å². The molecule has 64 heavy (non-hydrogen) atoms. The second-order valence-electron chi connectivity index (χ2n) is 16.8. The van der Waals surface area contributed by atoms with E-state index >= 15 is 0 Å². The van der Waals surface area contributed by atoms with Crippen LogP contribution >= 0.6 is 0 Å². The Kier molecular flexibility index (Phi) is 8.25. The maximum absolute atomic E-state index is 2.42. The SMILES string of the molecule is c1ccc(-c2cccc(-n3c4ccccc4c4cc(-c5ccc6c(c5)c5ccccc5n6-c5ccc(-c6c7ccccc7c(-c7ccccc7)c7ccccc67)cc5)ccc43)c2)cc1. The van der Waals surface area contributed by atoms with Crippen LogP contribution < -0.4 is 0 Å². The van der Waals surface area contributed by atoms with Gasteiger partial charge in [0.05, 0.1) is 22.1 Å². The minimum Gasteiger partial charge on any atom is -0.309 e. The Hall–Kier alpha value is -8.46. The fraction of sp³-hybridized carbons (Fsp3) is 0. The highest BCUT2D eigenvalue weighted by Gasteiger charge is 2.19. The first-order valence-electron chi connectivity index (χ1n) is 22.1. The summed E-state index contributed by atoms with van der Waals surface area (Å²) in [7, 11) is 0. The molecule has 11 aromatic carbocycles. The van der Waals surface area contributed by atoms with Gasteiger partial charge in [-0.1, -0.05) is 182 Å². The predicted molar refractivity (Wildman–Crippen MR) is 272 cm³/mol. The van der Waals surface area contributed by atoms with E-state index in [9.17, 15) is 0 Å². The van der Waals surface area contributed by atoms with E-state index in [-0.39, 0.29) is 0 Å². The van der Waals surface area contributed by atoms with E-state index in [1.807, 2.05) is 0 Å². The van der Waals surface area contributed by atoms with Gasteiger partial charge in [0.25, 0.3) is 0 Å². The first-order valence-corrected chi connectivity index (χ1v) is 22.1. The molecule has 0 aliphatic heterocycles. The molecule has 2 heterocycles. The van der Waals surface area contributed by atoms with Crippen molar-refractivity contribution in [2.75, 3.05) is 0 Å². The van der Waals surface area contributed by atoms with Crippen molar-refractivity contribution < 1.29 is 0 Å². The molecule has 2 nitrogen and oxygen atoms in total. The molecule has 13 rings (SSSR count). The van der Waals surface area contributed by atoms with E-state index in [0.29, 0.717) is 0 Å². The highest BCUT2D eigenvalue weighted by Crippen LogP contribution is 2.44. The summed E-state index contributed by atoms with van der Waals surface area (Å²) < 4.78 is 4.83. The minimum absolute atomic E-state index is 1.14. The van der Waals surface area contributed by atoms with E-state index in [0.717, 1.165) is 11.4 Å². The number of hydrogen-bond donors (Lipinski definition) is 0. The van der Waals surface area contributed by atoms with Crippen LogP contribution in [0.1, 0.15) is 0 Å². The van der Waals surface area contributed by atoms with Crippen molar-refractivity contribution >= 4 is 65.2 Å². The number of rotatable bonds is 6. The van der Waals surface area contributed by atoms with Gasteiger partial charge in [-0.2, -0.15) is 0 Å². The molecule has 0 unspecified atom stereocenters. The standard InChI is InChI=1S/C62H40N2/c1-3-16-41(17-4-1)44-20-15-21-48(38-44)64-58-29-14-12-23-50(58)56-40-46(33-37-60(56)64)45-32-36-59-55(39-45)49-22-11-13-28-57(49)63(59)47-34-30-43(31-35-47)62-53-26-9-7-24-51(53)61(42-18-5-2-6-19-42)52-25-8-10-27-54(52)62/h1-40H. The topological polar surface area (TPSA) is 9.86 Å². The van der Waals surface area contributed by atoms with Gasteiger partial charge in [0.2, 0.25) is 0 Å². The van der Waals surface area contributed by atoms with Crippen LogP contribution in [0.4, 0.5) is 0 Å². The van der Waals surface area contributed by atoms with Crippen LogP contribution in [0.2, 0.25) is 0 Å². The maximum Gasteiger partial charge on any atom is 0.0541 e. The molecule has 0 spiro atoms. The number of benzene rings is 11. The summed E-state index contributed by atoms with van der Waals surface area (Å²) in [5.74, 6) is 0. The molecule has 0 saturated heterocycles. The van der Waals surface area contributed by atoms with Crippen LogP contribution in [0.25, 0.3) is 121 Å². The van der Waals surface area contributed by atoms with Crippen LogP contribution in [-0.2, 0) is 0 Å². The minimum atomic E-state index is 1.14. The van der Waals surface area contributed by atoms with Crippen LogP contribution in [0.5, 0.6) is 0 Å². The number of nitrogens with zero attached hydrogens (tertiary/aromatic N) is 2. The Morgan fingerprint density at radius 2 is 0.547 bits per heavy atom. The fourth-order valence-corrected chi connectivity index (χ4v) is 10.4. The number of para-hydroxylation sites is 2. The van der Waals surface area contributed by atoms with Crippen molar-refractivity contribution in [1.29, 1.82) is 0 Å². The molecule has 0 fully saturated rings. The Morgan fingerprint density at radius 1 is 0.188 bits per heavy atom. The molecule has 0 bridgehead atoms. The molecule has 2 aromatic heterocycles. The van der Waals surface area contributed by atoms with Crippen molar-refractivity contribution in [3.8, 4) is 55.9 Å². The third-order valence-corrected chi connectivity index (χ3v) is 13.3. The molecule has 0 aliphatic rings. The average Bonchev–Trinajstić information content (AvgIpc) is 3.88. The summed E-state index contributed by atoms with van der Waals surface area (Å²) in [6, 6.07) is 88.9. The maximum atomic E-state index is 2.42. The third kappa shape index (κ3) is 5.66. The zero-order valence-corrected chi connectivity index (χ0v) is 35.0. The Labute approximate surface area is 371 Å². The van der Waals surface area contributed by atoms with Crippen molar-refractivity contribution in [2.24, 2.45) is 0 Å². The monoisotopic (exact) mass is 812 g/mol. The van der Waals surface area contributed by atoms with E-state index in [4.69, 9.17) is 0 Å². The van der Waals surface area contributed by atoms with Gasteiger partial charge >= 0.3 is 0 Å². The van der Waals surface area contributed by atoms with Crippen molar-refractivity contribution in [1.82, 2.24) is 9.13 Å². The summed E-state index contributed by atoms with van der Waals surface area (Å²) in [4.78, 5) is 0. The Morgan fingerprint density at radius 3 is 1.06 bits per heavy atom.